The summed E-state index contributed by atoms with van der Waals surface area (Å²) in [7, 11) is 0. The first-order valence-corrected chi connectivity index (χ1v) is 11.7. The molecule has 0 aromatic heterocycles. The average Bonchev–Trinajstić information content (AvgIpc) is 2.85. The molecule has 2 saturated heterocycles. The number of morpholine rings is 1. The average molecular weight is 444 g/mol. The zero-order valence-corrected chi connectivity index (χ0v) is 19.4. The van der Waals surface area contributed by atoms with Crippen LogP contribution in [0.2, 0.25) is 5.02 Å². The van der Waals surface area contributed by atoms with Crippen LogP contribution in [0.15, 0.2) is 48.5 Å². The Bertz CT molecular complexity index is 838. The summed E-state index contributed by atoms with van der Waals surface area (Å²) in [4.78, 5) is 17.3. The molecule has 31 heavy (non-hydrogen) atoms. The number of hydrogen-bond donors (Lipinski definition) is 1. The molecule has 2 aliphatic rings. The number of halogens is 1. The summed E-state index contributed by atoms with van der Waals surface area (Å²) in [5, 5.41) is 0.510. The molecule has 1 atom stereocenters. The fourth-order valence-electron chi connectivity index (χ4n) is 4.17. The van der Waals surface area contributed by atoms with Crippen LogP contribution in [0.3, 0.4) is 0 Å². The van der Waals surface area contributed by atoms with E-state index in [1.165, 1.54) is 0 Å². The second kappa shape index (κ2) is 11.5. The van der Waals surface area contributed by atoms with Gasteiger partial charge in [-0.2, -0.15) is 0 Å². The number of nitrogens with two attached hydrogens (primary N) is 1. The fourth-order valence-corrected chi connectivity index (χ4v) is 4.43. The van der Waals surface area contributed by atoms with Gasteiger partial charge in [-0.05, 0) is 49.1 Å². The van der Waals surface area contributed by atoms with Crippen molar-refractivity contribution >= 4 is 23.2 Å². The third kappa shape index (κ3) is 5.79. The Morgan fingerprint density at radius 1 is 1.10 bits per heavy atom. The Morgan fingerprint density at radius 3 is 2.45 bits per heavy atom. The van der Waals surface area contributed by atoms with Crippen molar-refractivity contribution in [2.45, 2.75) is 32.8 Å². The number of amides is 1. The quantitative estimate of drug-likeness (QED) is 0.740. The summed E-state index contributed by atoms with van der Waals surface area (Å²) in [6.45, 7) is 8.35. The van der Waals surface area contributed by atoms with Crippen LogP contribution in [0, 0.1) is 5.92 Å². The molecule has 1 amide bonds. The van der Waals surface area contributed by atoms with Crippen LogP contribution >= 0.6 is 11.6 Å². The van der Waals surface area contributed by atoms with Gasteiger partial charge < -0.3 is 20.3 Å². The molecule has 5 nitrogen and oxygen atoms in total. The van der Waals surface area contributed by atoms with Gasteiger partial charge in [0.25, 0.3) is 5.91 Å². The minimum Gasteiger partial charge on any atom is -0.371 e. The van der Waals surface area contributed by atoms with E-state index in [0.29, 0.717) is 36.2 Å². The minimum absolute atomic E-state index is 0.0346. The molecule has 4 rings (SSSR count). The van der Waals surface area contributed by atoms with Gasteiger partial charge in [0, 0.05) is 25.3 Å². The third-order valence-corrected chi connectivity index (χ3v) is 6.33. The Balaban J connectivity index is 0.00000132. The number of nitrogens with zero attached hydrogens (tertiary/aromatic N) is 2. The van der Waals surface area contributed by atoms with Gasteiger partial charge in [0.2, 0.25) is 0 Å². The molecule has 2 aromatic rings. The van der Waals surface area contributed by atoms with Gasteiger partial charge in [-0.25, -0.2) is 0 Å². The number of carbonyl (C=O) groups excluding carboxylic acids is 1. The summed E-state index contributed by atoms with van der Waals surface area (Å²) < 4.78 is 5.88. The first kappa shape index (κ1) is 23.6. The number of carbonyl (C=O) groups is 1. The van der Waals surface area contributed by atoms with E-state index in [2.05, 4.69) is 4.90 Å². The Morgan fingerprint density at radius 2 is 1.81 bits per heavy atom. The van der Waals surface area contributed by atoms with Gasteiger partial charge in [0.05, 0.1) is 23.7 Å². The summed E-state index contributed by atoms with van der Waals surface area (Å²) in [5.74, 6) is 0.578. The third-order valence-electron chi connectivity index (χ3n) is 6.02. The molecule has 0 aliphatic carbocycles. The fraction of sp³-hybridized carbons (Fsp3) is 0.480. The SMILES string of the molecule is CC.NCC1CCN(c2ccc(C(=O)N3CCOC(c4ccccc4)C3)c(Cl)c2)CC1. The van der Waals surface area contributed by atoms with Crippen LogP contribution in [0.1, 0.15) is 48.7 Å². The van der Waals surface area contributed by atoms with Gasteiger partial charge in [-0.1, -0.05) is 55.8 Å². The summed E-state index contributed by atoms with van der Waals surface area (Å²) >= 11 is 6.55. The van der Waals surface area contributed by atoms with Crippen molar-refractivity contribution in [1.82, 2.24) is 4.90 Å². The summed E-state index contributed by atoms with van der Waals surface area (Å²) in [6, 6.07) is 15.8. The molecule has 2 fully saturated rings. The van der Waals surface area contributed by atoms with E-state index in [4.69, 9.17) is 22.1 Å². The molecule has 1 unspecified atom stereocenters. The Labute approximate surface area is 191 Å². The van der Waals surface area contributed by atoms with Crippen LogP contribution in [0.25, 0.3) is 0 Å². The first-order valence-electron chi connectivity index (χ1n) is 11.4. The Kier molecular flexibility index (Phi) is 8.76. The van der Waals surface area contributed by atoms with Crippen LogP contribution in [0.5, 0.6) is 0 Å². The lowest BCUT2D eigenvalue weighted by atomic mass is 9.96. The van der Waals surface area contributed by atoms with E-state index in [1.807, 2.05) is 67.3 Å². The second-order valence-electron chi connectivity index (χ2n) is 7.85. The number of benzene rings is 2. The molecule has 0 bridgehead atoms. The van der Waals surface area contributed by atoms with Crippen LogP contribution in [-0.4, -0.2) is 50.1 Å². The molecule has 2 aliphatic heterocycles. The van der Waals surface area contributed by atoms with Crippen molar-refractivity contribution in [3.05, 3.63) is 64.7 Å². The number of rotatable bonds is 4. The summed E-state index contributed by atoms with van der Waals surface area (Å²) in [5.41, 5.74) is 8.51. The highest BCUT2D eigenvalue weighted by Crippen LogP contribution is 2.29. The van der Waals surface area contributed by atoms with Gasteiger partial charge in [-0.15, -0.1) is 0 Å². The highest BCUT2D eigenvalue weighted by atomic mass is 35.5. The zero-order chi connectivity index (χ0) is 22.2. The smallest absolute Gasteiger partial charge is 0.255 e. The molecule has 6 heteroatoms. The predicted molar refractivity (Wildman–Crippen MR) is 128 cm³/mol. The molecular weight excluding hydrogens is 410 g/mol. The molecule has 2 heterocycles. The van der Waals surface area contributed by atoms with E-state index in [-0.39, 0.29) is 12.0 Å². The zero-order valence-electron chi connectivity index (χ0n) is 18.6. The van der Waals surface area contributed by atoms with Crippen molar-refractivity contribution in [3.63, 3.8) is 0 Å². The molecule has 2 N–H and O–H groups in total. The van der Waals surface area contributed by atoms with Crippen molar-refractivity contribution in [3.8, 4) is 0 Å². The lowest BCUT2D eigenvalue weighted by molar-refractivity contribution is -0.0228. The highest BCUT2D eigenvalue weighted by molar-refractivity contribution is 6.34. The second-order valence-corrected chi connectivity index (χ2v) is 8.26. The maximum atomic E-state index is 13.1. The molecule has 2 aromatic carbocycles. The first-order chi connectivity index (χ1) is 15.2. The normalized spacial score (nSPS) is 19.5. The van der Waals surface area contributed by atoms with Crippen LogP contribution in [-0.2, 0) is 4.74 Å². The number of piperidine rings is 1. The van der Waals surface area contributed by atoms with Crippen LogP contribution in [0.4, 0.5) is 5.69 Å². The van der Waals surface area contributed by atoms with E-state index in [0.717, 1.165) is 43.7 Å². The van der Waals surface area contributed by atoms with Gasteiger partial charge in [0.15, 0.2) is 0 Å². The molecule has 168 valence electrons. The largest absolute Gasteiger partial charge is 0.371 e. The molecule has 0 radical (unpaired) electrons. The van der Waals surface area contributed by atoms with Crippen molar-refractivity contribution in [1.29, 1.82) is 0 Å². The van der Waals surface area contributed by atoms with E-state index >= 15 is 0 Å². The van der Waals surface area contributed by atoms with Gasteiger partial charge in [0.1, 0.15) is 6.10 Å². The maximum absolute atomic E-state index is 13.1. The number of hydrogen-bond acceptors (Lipinski definition) is 4. The van der Waals surface area contributed by atoms with Crippen molar-refractivity contribution in [2.24, 2.45) is 11.7 Å². The Hall–Kier alpha value is -2.08. The molecule has 0 spiro atoms. The number of anilines is 1. The maximum Gasteiger partial charge on any atom is 0.255 e. The van der Waals surface area contributed by atoms with E-state index in [9.17, 15) is 4.79 Å². The highest BCUT2D eigenvalue weighted by Gasteiger charge is 2.27. The van der Waals surface area contributed by atoms with Crippen molar-refractivity contribution < 1.29 is 9.53 Å². The van der Waals surface area contributed by atoms with E-state index < -0.39 is 0 Å². The lowest BCUT2D eigenvalue weighted by Gasteiger charge is -2.34. The topological polar surface area (TPSA) is 58.8 Å². The van der Waals surface area contributed by atoms with Crippen molar-refractivity contribution in [2.75, 3.05) is 44.2 Å². The predicted octanol–water partition coefficient (Wildman–Crippen LogP) is 4.76. The minimum atomic E-state index is -0.101. The van der Waals surface area contributed by atoms with Gasteiger partial charge in [-0.3, -0.25) is 4.79 Å². The molecule has 0 saturated carbocycles. The standard InChI is InChI=1S/C23H28ClN3O2.C2H6/c24-21-14-19(26-10-8-17(15-25)9-11-26)6-7-20(21)23(28)27-12-13-29-22(16-27)18-4-2-1-3-5-18;1-2/h1-7,14,17,22H,8-13,15-16,25H2;1-2H3. The summed E-state index contributed by atoms with van der Waals surface area (Å²) in [6.07, 6.45) is 2.10. The molecular formula is C25H34ClN3O2. The lowest BCUT2D eigenvalue weighted by Crippen LogP contribution is -2.42. The number of ether oxygens (including phenoxy) is 1. The monoisotopic (exact) mass is 443 g/mol. The van der Waals surface area contributed by atoms with Gasteiger partial charge >= 0.3 is 0 Å². The van der Waals surface area contributed by atoms with Crippen LogP contribution < -0.4 is 10.6 Å². The van der Waals surface area contributed by atoms with E-state index in [1.54, 1.807) is 0 Å².